The molecule has 2 unspecified atom stereocenters. The highest BCUT2D eigenvalue weighted by Crippen LogP contribution is 2.38. The Morgan fingerprint density at radius 3 is 2.00 bits per heavy atom. The fourth-order valence-electron chi connectivity index (χ4n) is 1.39. The fourth-order valence-corrected chi connectivity index (χ4v) is 4.56. The number of rotatable bonds is 0. The molecular weight excluding hydrogens is 209 g/mol. The van der Waals surface area contributed by atoms with Gasteiger partial charge in [0.05, 0.1) is 16.5 Å². The molecule has 0 saturated carbocycles. The van der Waals surface area contributed by atoms with E-state index in [1.54, 1.807) is 0 Å². The molecule has 1 rings (SSSR count). The van der Waals surface area contributed by atoms with Crippen molar-refractivity contribution >= 4 is 20.1 Å². The van der Waals surface area contributed by atoms with Crippen LogP contribution in [0.25, 0.3) is 0 Å². The monoisotopic (exact) mass is 218 g/mol. The molecule has 0 amide bonds. The fraction of sp³-hybridized carbons (Fsp3) is 1.00. The van der Waals surface area contributed by atoms with E-state index < -0.39 is 26.8 Å². The lowest BCUT2D eigenvalue weighted by Gasteiger charge is -2.17. The van der Waals surface area contributed by atoms with Gasteiger partial charge < -0.3 is 0 Å². The molecule has 0 N–H and O–H groups in total. The van der Waals surface area contributed by atoms with E-state index in [1.807, 2.05) is 0 Å². The van der Waals surface area contributed by atoms with Crippen LogP contribution in [0.15, 0.2) is 0 Å². The van der Waals surface area contributed by atoms with Crippen LogP contribution < -0.4 is 0 Å². The first-order valence-corrected chi connectivity index (χ1v) is 6.40. The first-order valence-electron chi connectivity index (χ1n) is 3.53. The Balaban J connectivity index is 2.89. The molecule has 1 saturated heterocycles. The average Bonchev–Trinajstić information content (AvgIpc) is 2.06. The minimum atomic E-state index is -4.34. The molecule has 0 aliphatic carbocycles. The minimum absolute atomic E-state index is 0.0673. The van der Waals surface area contributed by atoms with E-state index in [4.69, 9.17) is 0 Å². The lowest BCUT2D eigenvalue weighted by Crippen LogP contribution is -2.33. The Morgan fingerprint density at radius 2 is 1.83 bits per heavy atom. The summed E-state index contributed by atoms with van der Waals surface area (Å²) in [6.07, 6.45) is -4.59. The van der Waals surface area contributed by atoms with Crippen LogP contribution in [-0.2, 0) is 9.84 Å². The molecule has 0 aromatic rings. The second-order valence-electron chi connectivity index (χ2n) is 3.01. The largest absolute Gasteiger partial charge is 0.392 e. The molecule has 0 spiro atoms. The zero-order valence-electron chi connectivity index (χ0n) is 6.43. The summed E-state index contributed by atoms with van der Waals surface area (Å²) in [7, 11) is -3.35. The van der Waals surface area contributed by atoms with Crippen LogP contribution in [0.2, 0.25) is 0 Å². The van der Waals surface area contributed by atoms with E-state index >= 15 is 0 Å². The van der Waals surface area contributed by atoms with Crippen molar-refractivity contribution in [2.24, 2.45) is 5.92 Å². The molecular formula is C5H9F3O2SSi. The highest BCUT2D eigenvalue weighted by molar-refractivity contribution is 7.93. The van der Waals surface area contributed by atoms with Gasteiger partial charge >= 0.3 is 6.18 Å². The van der Waals surface area contributed by atoms with E-state index in [0.29, 0.717) is 0 Å². The predicted molar refractivity (Wildman–Crippen MR) is 41.7 cm³/mol. The van der Waals surface area contributed by atoms with E-state index in [1.165, 1.54) is 0 Å². The zero-order chi connectivity index (χ0) is 9.57. The third kappa shape index (κ3) is 1.66. The van der Waals surface area contributed by atoms with Gasteiger partial charge in [-0.05, 0) is 6.42 Å². The number of sulfone groups is 1. The van der Waals surface area contributed by atoms with Gasteiger partial charge in [0.1, 0.15) is 9.84 Å². The van der Waals surface area contributed by atoms with Crippen LogP contribution in [-0.4, -0.2) is 35.5 Å². The lowest BCUT2D eigenvalue weighted by atomic mass is 10.1. The van der Waals surface area contributed by atoms with Gasteiger partial charge in [-0.3, -0.25) is 0 Å². The summed E-state index contributed by atoms with van der Waals surface area (Å²) in [5, 5.41) is 0. The molecule has 0 aromatic carbocycles. The Hall–Kier alpha value is -0.0431. The molecule has 72 valence electrons. The normalized spacial score (nSPS) is 35.6. The Kier molecular flexibility index (Phi) is 2.28. The van der Waals surface area contributed by atoms with Crippen LogP contribution in [0.3, 0.4) is 0 Å². The summed E-state index contributed by atoms with van der Waals surface area (Å²) in [5.41, 5.74) is 0. The molecule has 7 heteroatoms. The molecule has 0 aromatic heterocycles. The molecule has 12 heavy (non-hydrogen) atoms. The number of hydrogen-bond acceptors (Lipinski definition) is 2. The Labute approximate surface area is 71.5 Å². The third-order valence-corrected chi connectivity index (χ3v) is 7.49. The second kappa shape index (κ2) is 2.73. The van der Waals surface area contributed by atoms with Crippen molar-refractivity contribution in [1.29, 1.82) is 0 Å². The number of halogens is 3. The Morgan fingerprint density at radius 1 is 1.33 bits per heavy atom. The van der Waals surface area contributed by atoms with Crippen molar-refractivity contribution in [2.75, 3.05) is 5.75 Å². The van der Waals surface area contributed by atoms with Gasteiger partial charge in [0, 0.05) is 10.2 Å². The topological polar surface area (TPSA) is 34.1 Å². The van der Waals surface area contributed by atoms with E-state index in [0.717, 1.165) is 0 Å². The highest BCUT2D eigenvalue weighted by Gasteiger charge is 2.51. The second-order valence-corrected chi connectivity index (χ2v) is 7.57. The third-order valence-electron chi connectivity index (χ3n) is 2.27. The molecule has 1 aliphatic heterocycles. The molecule has 1 aliphatic rings. The van der Waals surface area contributed by atoms with E-state index in [-0.39, 0.29) is 22.4 Å². The number of hydrogen-bond donors (Lipinski definition) is 0. The predicted octanol–water partition coefficient (Wildman–Crippen LogP) is -0.325. The van der Waals surface area contributed by atoms with Crippen LogP contribution in [0.1, 0.15) is 6.42 Å². The lowest BCUT2D eigenvalue weighted by molar-refractivity contribution is -0.169. The summed E-state index contributed by atoms with van der Waals surface area (Å²) in [6.45, 7) is 0. The van der Waals surface area contributed by atoms with Gasteiger partial charge in [-0.1, -0.05) is 0 Å². The maximum absolute atomic E-state index is 12.1. The number of alkyl halides is 3. The van der Waals surface area contributed by atoms with Gasteiger partial charge in [0.2, 0.25) is 0 Å². The average molecular weight is 218 g/mol. The quantitative estimate of drug-likeness (QED) is 0.522. The van der Waals surface area contributed by atoms with Gasteiger partial charge in [-0.15, -0.1) is 0 Å². The summed E-state index contributed by atoms with van der Waals surface area (Å²) in [4.78, 5) is -1.13. The molecule has 1 fully saturated rings. The highest BCUT2D eigenvalue weighted by atomic mass is 32.2. The van der Waals surface area contributed by atoms with Crippen molar-refractivity contribution in [3.63, 3.8) is 0 Å². The minimum Gasteiger partial charge on any atom is -0.229 e. The SMILES string of the molecule is O=S1(=O)CCC(C(F)(F)F)C1[SiH3]. The maximum atomic E-state index is 12.1. The smallest absolute Gasteiger partial charge is 0.229 e. The molecule has 0 radical (unpaired) electrons. The molecule has 1 heterocycles. The van der Waals surface area contributed by atoms with Gasteiger partial charge in [-0.25, -0.2) is 8.42 Å². The van der Waals surface area contributed by atoms with Gasteiger partial charge in [0.15, 0.2) is 0 Å². The maximum Gasteiger partial charge on any atom is 0.392 e. The van der Waals surface area contributed by atoms with Crippen molar-refractivity contribution in [2.45, 2.75) is 17.5 Å². The van der Waals surface area contributed by atoms with Crippen LogP contribution in [0.4, 0.5) is 13.2 Å². The molecule has 2 atom stereocenters. The standard InChI is InChI=1S/C5H9F3O2SSi/c6-5(7,8)3-1-2-11(9,10)4(3)12/h3-4H,1-2H2,12H3. The van der Waals surface area contributed by atoms with Crippen LogP contribution >= 0.6 is 0 Å². The van der Waals surface area contributed by atoms with Crippen molar-refractivity contribution < 1.29 is 21.6 Å². The van der Waals surface area contributed by atoms with Gasteiger partial charge in [-0.2, -0.15) is 13.2 Å². The first-order chi connectivity index (χ1) is 5.25. The van der Waals surface area contributed by atoms with Crippen molar-refractivity contribution in [3.05, 3.63) is 0 Å². The first kappa shape index (κ1) is 10.0. The summed E-state index contributed by atoms with van der Waals surface area (Å²) >= 11 is 0. The summed E-state index contributed by atoms with van der Waals surface area (Å²) in [5.74, 6) is -1.90. The van der Waals surface area contributed by atoms with Crippen LogP contribution in [0.5, 0.6) is 0 Å². The summed E-state index contributed by atoms with van der Waals surface area (Å²) < 4.78 is 58.2. The van der Waals surface area contributed by atoms with Crippen LogP contribution in [0, 0.1) is 5.92 Å². The van der Waals surface area contributed by atoms with Crippen molar-refractivity contribution in [3.8, 4) is 0 Å². The van der Waals surface area contributed by atoms with E-state index in [2.05, 4.69) is 0 Å². The zero-order valence-corrected chi connectivity index (χ0v) is 9.24. The summed E-state index contributed by atoms with van der Waals surface area (Å²) in [6, 6.07) is 0. The molecule has 0 bridgehead atoms. The Bertz CT molecular complexity index is 271. The molecule has 2 nitrogen and oxygen atoms in total. The van der Waals surface area contributed by atoms with Gasteiger partial charge in [0.25, 0.3) is 0 Å². The van der Waals surface area contributed by atoms with Crippen molar-refractivity contribution in [1.82, 2.24) is 0 Å². The van der Waals surface area contributed by atoms with E-state index in [9.17, 15) is 21.6 Å².